The van der Waals surface area contributed by atoms with Gasteiger partial charge in [-0.3, -0.25) is 4.79 Å². The summed E-state index contributed by atoms with van der Waals surface area (Å²) in [7, 11) is 3.22. The van der Waals surface area contributed by atoms with Crippen LogP contribution in [0.4, 0.5) is 0 Å². The highest BCUT2D eigenvalue weighted by atomic mass is 32.1. The number of fused-ring (bicyclic) bond motifs is 1. The molecule has 5 nitrogen and oxygen atoms in total. The second-order valence-corrected chi connectivity index (χ2v) is 8.52. The van der Waals surface area contributed by atoms with E-state index in [9.17, 15) is 4.79 Å². The van der Waals surface area contributed by atoms with E-state index in [2.05, 4.69) is 39.9 Å². The zero-order chi connectivity index (χ0) is 20.9. The number of thiazole rings is 1. The Balaban J connectivity index is 1.34. The molecular weight excluding hydrogens is 416 g/mol. The van der Waals surface area contributed by atoms with Crippen LogP contribution in [0.5, 0.6) is 11.5 Å². The lowest BCUT2D eigenvalue weighted by atomic mass is 10.1. The third-order valence-corrected chi connectivity index (χ3v) is 6.75. The molecule has 0 fully saturated rings. The summed E-state index contributed by atoms with van der Waals surface area (Å²) in [5.74, 6) is 1.32. The number of aromatic nitrogens is 1. The Hall–Kier alpha value is -2.90. The average Bonchev–Trinajstić information content (AvgIpc) is 3.40. The minimum atomic E-state index is -0.0151. The summed E-state index contributed by atoms with van der Waals surface area (Å²) < 4.78 is 11.9. The number of rotatable bonds is 8. The van der Waals surface area contributed by atoms with E-state index in [1.165, 1.54) is 27.0 Å². The van der Waals surface area contributed by atoms with Crippen LogP contribution in [0.3, 0.4) is 0 Å². The minimum Gasteiger partial charge on any atom is -0.493 e. The van der Waals surface area contributed by atoms with Gasteiger partial charge in [0.25, 0.3) is 0 Å². The van der Waals surface area contributed by atoms with E-state index in [1.54, 1.807) is 25.6 Å². The van der Waals surface area contributed by atoms with E-state index in [4.69, 9.17) is 9.47 Å². The highest BCUT2D eigenvalue weighted by molar-refractivity contribution is 7.17. The molecule has 2 heterocycles. The van der Waals surface area contributed by atoms with Gasteiger partial charge in [0.15, 0.2) is 11.5 Å². The van der Waals surface area contributed by atoms with Crippen LogP contribution in [0.15, 0.2) is 53.2 Å². The second kappa shape index (κ2) is 9.28. The Morgan fingerprint density at radius 2 is 1.87 bits per heavy atom. The summed E-state index contributed by atoms with van der Waals surface area (Å²) in [5, 5.41) is 9.24. The molecule has 30 heavy (non-hydrogen) atoms. The number of hydrogen-bond donors (Lipinski definition) is 1. The first-order valence-corrected chi connectivity index (χ1v) is 11.3. The monoisotopic (exact) mass is 438 g/mol. The van der Waals surface area contributed by atoms with Crippen LogP contribution in [-0.4, -0.2) is 31.7 Å². The molecule has 0 radical (unpaired) electrons. The highest BCUT2D eigenvalue weighted by Crippen LogP contribution is 2.33. The van der Waals surface area contributed by atoms with E-state index >= 15 is 0 Å². The van der Waals surface area contributed by atoms with Gasteiger partial charge in [0.2, 0.25) is 5.91 Å². The van der Waals surface area contributed by atoms with Crippen LogP contribution >= 0.6 is 22.7 Å². The second-order valence-electron chi connectivity index (χ2n) is 6.75. The number of amides is 1. The predicted octanol–water partition coefficient (Wildman–Crippen LogP) is 4.94. The third kappa shape index (κ3) is 4.47. The normalized spacial score (nSPS) is 10.9. The van der Waals surface area contributed by atoms with Crippen LogP contribution in [0.1, 0.15) is 11.3 Å². The molecule has 4 aromatic rings. The molecule has 0 saturated heterocycles. The van der Waals surface area contributed by atoms with E-state index < -0.39 is 0 Å². The van der Waals surface area contributed by atoms with Crippen LogP contribution in [0.25, 0.3) is 20.7 Å². The third-order valence-electron chi connectivity index (χ3n) is 4.80. The Morgan fingerprint density at radius 3 is 2.70 bits per heavy atom. The standard InChI is InChI=1S/C23H22N2O3S2/c1-27-19-8-7-15(11-20(19)28-2)23-25-17(14-30-23)12-22(26)24-10-9-16-13-29-21-6-4-3-5-18(16)21/h3-8,11,13-14H,9-10,12H2,1-2H3,(H,24,26). The molecule has 0 saturated carbocycles. The molecule has 1 amide bonds. The van der Waals surface area contributed by atoms with Crippen molar-refractivity contribution in [3.63, 3.8) is 0 Å². The van der Waals surface area contributed by atoms with Crippen LogP contribution in [0, 0.1) is 0 Å². The lowest BCUT2D eigenvalue weighted by molar-refractivity contribution is -0.120. The Morgan fingerprint density at radius 1 is 1.03 bits per heavy atom. The Bertz CT molecular complexity index is 1170. The van der Waals surface area contributed by atoms with E-state index in [0.29, 0.717) is 18.0 Å². The number of carbonyl (C=O) groups excluding carboxylic acids is 1. The molecule has 1 N–H and O–H groups in total. The zero-order valence-corrected chi connectivity index (χ0v) is 18.4. The summed E-state index contributed by atoms with van der Waals surface area (Å²) in [5.41, 5.74) is 2.98. The van der Waals surface area contributed by atoms with Crippen LogP contribution in [0.2, 0.25) is 0 Å². The number of hydrogen-bond acceptors (Lipinski definition) is 6. The number of benzene rings is 2. The maximum atomic E-state index is 12.4. The molecular formula is C23H22N2O3S2. The number of methoxy groups -OCH3 is 2. The van der Waals surface area contributed by atoms with Crippen molar-refractivity contribution in [2.24, 2.45) is 0 Å². The van der Waals surface area contributed by atoms with Gasteiger partial charge in [-0.1, -0.05) is 18.2 Å². The highest BCUT2D eigenvalue weighted by Gasteiger charge is 2.12. The molecule has 0 aliphatic rings. The summed E-state index contributed by atoms with van der Waals surface area (Å²) in [6, 6.07) is 14.1. The van der Waals surface area contributed by atoms with Crippen molar-refractivity contribution in [3.8, 4) is 22.1 Å². The van der Waals surface area contributed by atoms with Gasteiger partial charge in [-0.05, 0) is 47.0 Å². The quantitative estimate of drug-likeness (QED) is 0.423. The molecule has 4 rings (SSSR count). The summed E-state index contributed by atoms with van der Waals surface area (Å²) in [6.45, 7) is 0.617. The van der Waals surface area contributed by atoms with Crippen LogP contribution in [-0.2, 0) is 17.6 Å². The first-order valence-electron chi connectivity index (χ1n) is 9.56. The fourth-order valence-electron chi connectivity index (χ4n) is 3.28. The number of carbonyl (C=O) groups is 1. The molecule has 2 aromatic heterocycles. The number of ether oxygens (including phenoxy) is 2. The zero-order valence-electron chi connectivity index (χ0n) is 16.8. The largest absolute Gasteiger partial charge is 0.493 e. The molecule has 0 unspecified atom stereocenters. The molecule has 0 aliphatic heterocycles. The van der Waals surface area contributed by atoms with Crippen molar-refractivity contribution >= 4 is 38.7 Å². The summed E-state index contributed by atoms with van der Waals surface area (Å²) in [6.07, 6.45) is 1.10. The Kier molecular flexibility index (Phi) is 6.30. The SMILES string of the molecule is COc1ccc(-c2nc(CC(=O)NCCc3csc4ccccc34)cs2)cc1OC. The maximum Gasteiger partial charge on any atom is 0.226 e. The summed E-state index contributed by atoms with van der Waals surface area (Å²) >= 11 is 3.26. The van der Waals surface area contributed by atoms with Crippen LogP contribution < -0.4 is 14.8 Å². The minimum absolute atomic E-state index is 0.0151. The lowest BCUT2D eigenvalue weighted by Gasteiger charge is -2.08. The molecule has 154 valence electrons. The maximum absolute atomic E-state index is 12.4. The van der Waals surface area contributed by atoms with Gasteiger partial charge in [-0.15, -0.1) is 22.7 Å². The molecule has 0 atom stereocenters. The number of nitrogens with zero attached hydrogens (tertiary/aromatic N) is 1. The van der Waals surface area contributed by atoms with E-state index in [-0.39, 0.29) is 12.3 Å². The van der Waals surface area contributed by atoms with Crippen molar-refractivity contribution in [1.29, 1.82) is 0 Å². The van der Waals surface area contributed by atoms with Gasteiger partial charge in [0, 0.05) is 22.2 Å². The van der Waals surface area contributed by atoms with Gasteiger partial charge < -0.3 is 14.8 Å². The molecule has 0 spiro atoms. The van der Waals surface area contributed by atoms with Crippen molar-refractivity contribution < 1.29 is 14.3 Å². The molecule has 7 heteroatoms. The van der Waals surface area contributed by atoms with Crippen molar-refractivity contribution in [2.45, 2.75) is 12.8 Å². The first kappa shape index (κ1) is 20.4. The Labute approximate surface area is 183 Å². The van der Waals surface area contributed by atoms with Gasteiger partial charge >= 0.3 is 0 Å². The van der Waals surface area contributed by atoms with Gasteiger partial charge in [-0.2, -0.15) is 0 Å². The van der Waals surface area contributed by atoms with Gasteiger partial charge in [0.05, 0.1) is 26.3 Å². The molecule has 2 aromatic carbocycles. The van der Waals surface area contributed by atoms with Gasteiger partial charge in [0.1, 0.15) is 5.01 Å². The lowest BCUT2D eigenvalue weighted by Crippen LogP contribution is -2.27. The fraction of sp³-hybridized carbons (Fsp3) is 0.217. The van der Waals surface area contributed by atoms with E-state index in [1.807, 2.05) is 23.6 Å². The van der Waals surface area contributed by atoms with Gasteiger partial charge in [-0.25, -0.2) is 4.98 Å². The number of thiophene rings is 1. The molecule has 0 bridgehead atoms. The average molecular weight is 439 g/mol. The van der Waals surface area contributed by atoms with E-state index in [0.717, 1.165) is 22.7 Å². The van der Waals surface area contributed by atoms with Crippen molar-refractivity contribution in [1.82, 2.24) is 10.3 Å². The smallest absolute Gasteiger partial charge is 0.226 e. The summed E-state index contributed by atoms with van der Waals surface area (Å²) in [4.78, 5) is 17.0. The van der Waals surface area contributed by atoms with Crippen molar-refractivity contribution in [3.05, 3.63) is 64.5 Å². The number of nitrogens with one attached hydrogen (secondary N) is 1. The topological polar surface area (TPSA) is 60.5 Å². The van der Waals surface area contributed by atoms with Crippen molar-refractivity contribution in [2.75, 3.05) is 20.8 Å². The first-order chi connectivity index (χ1) is 14.7. The fourth-order valence-corrected chi connectivity index (χ4v) is 5.09. The molecule has 0 aliphatic carbocycles. The predicted molar refractivity (Wildman–Crippen MR) is 123 cm³/mol.